The summed E-state index contributed by atoms with van der Waals surface area (Å²) < 4.78 is 0. The first kappa shape index (κ1) is 14.8. The Kier molecular flexibility index (Phi) is 5.25. The zero-order chi connectivity index (χ0) is 13.8. The summed E-state index contributed by atoms with van der Waals surface area (Å²) in [6.07, 6.45) is 1.03. The van der Waals surface area contributed by atoms with Crippen LogP contribution in [0.15, 0.2) is 6.07 Å². The number of nitrogens with zero attached hydrogens (tertiary/aromatic N) is 2. The standard InChI is InChI=1S/C14H21ClN2OS/c1-11-10-13(19-12(11)2)14(18)17-6-3-5-16(7-4-15)8-9-17/h10H,3-9H2,1-2H3. The lowest BCUT2D eigenvalue weighted by molar-refractivity contribution is 0.0766. The smallest absolute Gasteiger partial charge is 0.263 e. The van der Waals surface area contributed by atoms with Crippen LogP contribution in [-0.4, -0.2) is 54.3 Å². The molecule has 1 saturated heterocycles. The molecular weight excluding hydrogens is 280 g/mol. The van der Waals surface area contributed by atoms with E-state index in [1.54, 1.807) is 11.3 Å². The van der Waals surface area contributed by atoms with Gasteiger partial charge < -0.3 is 9.80 Å². The second-order valence-corrected chi connectivity index (χ2v) is 6.66. The number of aryl methyl sites for hydroxylation is 2. The number of hydrogen-bond acceptors (Lipinski definition) is 3. The molecule has 0 N–H and O–H groups in total. The van der Waals surface area contributed by atoms with Crippen molar-refractivity contribution < 1.29 is 4.79 Å². The van der Waals surface area contributed by atoms with E-state index >= 15 is 0 Å². The summed E-state index contributed by atoms with van der Waals surface area (Å²) in [5.74, 6) is 0.853. The van der Waals surface area contributed by atoms with Gasteiger partial charge in [-0.3, -0.25) is 4.79 Å². The molecule has 1 aliphatic heterocycles. The number of hydrogen-bond donors (Lipinski definition) is 0. The molecule has 2 rings (SSSR count). The van der Waals surface area contributed by atoms with Crippen LogP contribution in [0.25, 0.3) is 0 Å². The molecular formula is C14H21ClN2OS. The normalized spacial score (nSPS) is 17.5. The van der Waals surface area contributed by atoms with Crippen molar-refractivity contribution in [3.8, 4) is 0 Å². The number of carbonyl (C=O) groups is 1. The zero-order valence-corrected chi connectivity index (χ0v) is 13.2. The van der Waals surface area contributed by atoms with E-state index in [0.717, 1.165) is 44.0 Å². The predicted octanol–water partition coefficient (Wildman–Crippen LogP) is 2.75. The minimum absolute atomic E-state index is 0.189. The molecule has 19 heavy (non-hydrogen) atoms. The molecule has 0 saturated carbocycles. The minimum atomic E-state index is 0.189. The van der Waals surface area contributed by atoms with Crippen molar-refractivity contribution >= 4 is 28.8 Å². The van der Waals surface area contributed by atoms with Gasteiger partial charge in [-0.05, 0) is 38.4 Å². The van der Waals surface area contributed by atoms with Crippen molar-refractivity contribution in [1.29, 1.82) is 0 Å². The molecule has 0 aromatic carbocycles. The van der Waals surface area contributed by atoms with E-state index in [4.69, 9.17) is 11.6 Å². The Balaban J connectivity index is 1.99. The highest BCUT2D eigenvalue weighted by Crippen LogP contribution is 2.22. The van der Waals surface area contributed by atoms with Crippen LogP contribution in [0.3, 0.4) is 0 Å². The molecule has 0 atom stereocenters. The van der Waals surface area contributed by atoms with Gasteiger partial charge in [0.05, 0.1) is 4.88 Å². The highest BCUT2D eigenvalue weighted by molar-refractivity contribution is 7.14. The van der Waals surface area contributed by atoms with E-state index in [9.17, 15) is 4.79 Å². The molecule has 5 heteroatoms. The van der Waals surface area contributed by atoms with Gasteiger partial charge in [-0.2, -0.15) is 0 Å². The van der Waals surface area contributed by atoms with Gasteiger partial charge in [0.15, 0.2) is 0 Å². The number of rotatable bonds is 3. The van der Waals surface area contributed by atoms with Crippen molar-refractivity contribution in [2.45, 2.75) is 20.3 Å². The summed E-state index contributed by atoms with van der Waals surface area (Å²) in [6.45, 7) is 8.69. The van der Waals surface area contributed by atoms with Crippen molar-refractivity contribution in [3.63, 3.8) is 0 Å². The van der Waals surface area contributed by atoms with Crippen LogP contribution in [0.2, 0.25) is 0 Å². The number of halogens is 1. The van der Waals surface area contributed by atoms with Crippen LogP contribution >= 0.6 is 22.9 Å². The minimum Gasteiger partial charge on any atom is -0.337 e. The largest absolute Gasteiger partial charge is 0.337 e. The molecule has 0 aliphatic carbocycles. The van der Waals surface area contributed by atoms with Crippen LogP contribution in [0, 0.1) is 13.8 Å². The number of alkyl halides is 1. The number of amides is 1. The van der Waals surface area contributed by atoms with Crippen LogP contribution in [0.1, 0.15) is 26.5 Å². The van der Waals surface area contributed by atoms with Crippen molar-refractivity contribution in [3.05, 3.63) is 21.4 Å². The van der Waals surface area contributed by atoms with E-state index in [-0.39, 0.29) is 5.91 Å². The number of carbonyl (C=O) groups excluding carboxylic acids is 1. The van der Waals surface area contributed by atoms with Crippen LogP contribution in [0.5, 0.6) is 0 Å². The van der Waals surface area contributed by atoms with E-state index in [1.165, 1.54) is 10.4 Å². The fraction of sp³-hybridized carbons (Fsp3) is 0.643. The van der Waals surface area contributed by atoms with Crippen LogP contribution in [-0.2, 0) is 0 Å². The Morgan fingerprint density at radius 3 is 2.74 bits per heavy atom. The third kappa shape index (κ3) is 3.71. The van der Waals surface area contributed by atoms with E-state index in [0.29, 0.717) is 5.88 Å². The van der Waals surface area contributed by atoms with E-state index in [2.05, 4.69) is 18.7 Å². The molecule has 1 aromatic rings. The fourth-order valence-corrected chi connectivity index (χ4v) is 3.59. The Hall–Kier alpha value is -0.580. The second-order valence-electron chi connectivity index (χ2n) is 5.03. The first-order valence-corrected chi connectivity index (χ1v) is 8.11. The van der Waals surface area contributed by atoms with Gasteiger partial charge in [-0.15, -0.1) is 22.9 Å². The molecule has 0 bridgehead atoms. The first-order chi connectivity index (χ1) is 9.11. The maximum Gasteiger partial charge on any atom is 0.263 e. The third-order valence-electron chi connectivity index (χ3n) is 3.65. The quantitative estimate of drug-likeness (QED) is 0.802. The van der Waals surface area contributed by atoms with Gasteiger partial charge >= 0.3 is 0 Å². The predicted molar refractivity (Wildman–Crippen MR) is 81.5 cm³/mol. The van der Waals surface area contributed by atoms with Crippen LogP contribution in [0.4, 0.5) is 0 Å². The second kappa shape index (κ2) is 6.73. The summed E-state index contributed by atoms with van der Waals surface area (Å²) >= 11 is 7.39. The lowest BCUT2D eigenvalue weighted by atomic mass is 10.2. The van der Waals surface area contributed by atoms with E-state index < -0.39 is 0 Å². The molecule has 0 radical (unpaired) electrons. The summed E-state index contributed by atoms with van der Waals surface area (Å²) in [4.78, 5) is 18.9. The van der Waals surface area contributed by atoms with Crippen molar-refractivity contribution in [2.75, 3.05) is 38.6 Å². The topological polar surface area (TPSA) is 23.6 Å². The summed E-state index contributed by atoms with van der Waals surface area (Å²) in [5.41, 5.74) is 1.21. The molecule has 1 aromatic heterocycles. The SMILES string of the molecule is Cc1cc(C(=O)N2CCCN(CCCl)CC2)sc1C. The van der Waals surface area contributed by atoms with Gasteiger partial charge in [-0.25, -0.2) is 0 Å². The third-order valence-corrected chi connectivity index (χ3v) is 4.96. The highest BCUT2D eigenvalue weighted by atomic mass is 35.5. The summed E-state index contributed by atoms with van der Waals surface area (Å²) in [6, 6.07) is 2.02. The van der Waals surface area contributed by atoms with Gasteiger partial charge in [0.25, 0.3) is 5.91 Å². The molecule has 0 unspecified atom stereocenters. The average molecular weight is 301 g/mol. The Morgan fingerprint density at radius 2 is 2.11 bits per heavy atom. The Morgan fingerprint density at radius 1 is 1.32 bits per heavy atom. The average Bonchev–Trinajstić information content (AvgIpc) is 2.61. The molecule has 1 aliphatic rings. The molecule has 106 valence electrons. The van der Waals surface area contributed by atoms with Gasteiger partial charge in [-0.1, -0.05) is 0 Å². The van der Waals surface area contributed by atoms with E-state index in [1.807, 2.05) is 11.0 Å². The summed E-state index contributed by atoms with van der Waals surface area (Å²) in [7, 11) is 0. The van der Waals surface area contributed by atoms with Gasteiger partial charge in [0.2, 0.25) is 0 Å². The van der Waals surface area contributed by atoms with Gasteiger partial charge in [0.1, 0.15) is 0 Å². The maximum absolute atomic E-state index is 12.5. The maximum atomic E-state index is 12.5. The Labute approximate surface area is 124 Å². The molecule has 2 heterocycles. The lowest BCUT2D eigenvalue weighted by Crippen LogP contribution is -2.35. The van der Waals surface area contributed by atoms with Crippen molar-refractivity contribution in [2.24, 2.45) is 0 Å². The molecule has 1 fully saturated rings. The highest BCUT2D eigenvalue weighted by Gasteiger charge is 2.21. The number of thiophene rings is 1. The molecule has 1 amide bonds. The summed E-state index contributed by atoms with van der Waals surface area (Å²) in [5, 5.41) is 0. The zero-order valence-electron chi connectivity index (χ0n) is 11.6. The fourth-order valence-electron chi connectivity index (χ4n) is 2.35. The Bertz CT molecular complexity index is 427. The van der Waals surface area contributed by atoms with Crippen LogP contribution < -0.4 is 0 Å². The molecule has 3 nitrogen and oxygen atoms in total. The van der Waals surface area contributed by atoms with Gasteiger partial charge in [0, 0.05) is 36.9 Å². The first-order valence-electron chi connectivity index (χ1n) is 6.76. The molecule has 0 spiro atoms. The lowest BCUT2D eigenvalue weighted by Gasteiger charge is -2.20. The van der Waals surface area contributed by atoms with Crippen molar-refractivity contribution in [1.82, 2.24) is 9.80 Å². The monoisotopic (exact) mass is 300 g/mol.